The van der Waals surface area contributed by atoms with E-state index in [9.17, 15) is 8.42 Å². The predicted molar refractivity (Wildman–Crippen MR) is 81.3 cm³/mol. The van der Waals surface area contributed by atoms with Gasteiger partial charge < -0.3 is 10.3 Å². The van der Waals surface area contributed by atoms with Crippen LogP contribution < -0.4 is 10.5 Å². The second kappa shape index (κ2) is 5.72. The first-order valence-corrected chi connectivity index (χ1v) is 9.17. The van der Waals surface area contributed by atoms with Crippen LogP contribution in [0.4, 0.5) is 0 Å². The standard InChI is InChI=1S/C14H24N4O2S/c1-2-17-10-14(7-13(17)8-15)21(19,20)16-11-5-6-18(9-11)12-3-4-12/h7,10-12,16H,2-6,8-9,15H2,1H3. The van der Waals surface area contributed by atoms with Gasteiger partial charge in [0.25, 0.3) is 0 Å². The highest BCUT2D eigenvalue weighted by Gasteiger charge is 2.36. The summed E-state index contributed by atoms with van der Waals surface area (Å²) in [6, 6.07) is 2.41. The van der Waals surface area contributed by atoms with Gasteiger partial charge in [0.1, 0.15) is 0 Å². The molecule has 1 saturated heterocycles. The third-order valence-electron chi connectivity index (χ3n) is 4.43. The van der Waals surface area contributed by atoms with Crippen LogP contribution in [-0.2, 0) is 23.1 Å². The molecule has 3 N–H and O–H groups in total. The van der Waals surface area contributed by atoms with Gasteiger partial charge in [0.05, 0.1) is 4.90 Å². The predicted octanol–water partition coefficient (Wildman–Crippen LogP) is 0.482. The van der Waals surface area contributed by atoms with E-state index in [1.807, 2.05) is 11.5 Å². The zero-order valence-electron chi connectivity index (χ0n) is 12.5. The Bertz CT molecular complexity index is 585. The van der Waals surface area contributed by atoms with Gasteiger partial charge in [0, 0.05) is 50.2 Å². The third kappa shape index (κ3) is 3.15. The first-order valence-electron chi connectivity index (χ1n) is 7.69. The first-order chi connectivity index (χ1) is 10.0. The summed E-state index contributed by atoms with van der Waals surface area (Å²) in [5.41, 5.74) is 6.51. The Morgan fingerprint density at radius 3 is 2.71 bits per heavy atom. The number of hydrogen-bond donors (Lipinski definition) is 2. The van der Waals surface area contributed by atoms with Gasteiger partial charge in [0.2, 0.25) is 10.0 Å². The Kier molecular flexibility index (Phi) is 4.09. The number of rotatable bonds is 6. The molecule has 0 amide bonds. The minimum absolute atomic E-state index is 0.0295. The van der Waals surface area contributed by atoms with Gasteiger partial charge in [-0.1, -0.05) is 0 Å². The van der Waals surface area contributed by atoms with Gasteiger partial charge in [0.15, 0.2) is 0 Å². The molecule has 2 aliphatic rings. The van der Waals surface area contributed by atoms with Crippen molar-refractivity contribution in [2.24, 2.45) is 5.73 Å². The minimum Gasteiger partial charge on any atom is -0.349 e. The van der Waals surface area contributed by atoms with E-state index in [4.69, 9.17) is 5.73 Å². The fraction of sp³-hybridized carbons (Fsp3) is 0.714. The molecule has 6 nitrogen and oxygen atoms in total. The molecule has 1 atom stereocenters. The number of likely N-dealkylation sites (tertiary alicyclic amines) is 1. The number of sulfonamides is 1. The third-order valence-corrected chi connectivity index (χ3v) is 5.91. The Morgan fingerprint density at radius 2 is 2.14 bits per heavy atom. The van der Waals surface area contributed by atoms with Gasteiger partial charge in [-0.05, 0) is 32.3 Å². The second-order valence-electron chi connectivity index (χ2n) is 5.99. The van der Waals surface area contributed by atoms with Crippen LogP contribution in [0.3, 0.4) is 0 Å². The van der Waals surface area contributed by atoms with Gasteiger partial charge >= 0.3 is 0 Å². The van der Waals surface area contributed by atoms with Crippen LogP contribution >= 0.6 is 0 Å². The maximum Gasteiger partial charge on any atom is 0.242 e. The maximum absolute atomic E-state index is 12.5. The highest BCUT2D eigenvalue weighted by atomic mass is 32.2. The van der Waals surface area contributed by atoms with Gasteiger partial charge in [-0.2, -0.15) is 0 Å². The molecule has 7 heteroatoms. The summed E-state index contributed by atoms with van der Waals surface area (Å²) in [5.74, 6) is 0. The monoisotopic (exact) mass is 312 g/mol. The molecule has 0 spiro atoms. The lowest BCUT2D eigenvalue weighted by atomic mass is 10.3. The highest BCUT2D eigenvalue weighted by Crippen LogP contribution is 2.30. The van der Waals surface area contributed by atoms with Crippen molar-refractivity contribution in [3.05, 3.63) is 18.0 Å². The Hall–Kier alpha value is -0.890. The Labute approximate surface area is 126 Å². The zero-order valence-corrected chi connectivity index (χ0v) is 13.3. The van der Waals surface area contributed by atoms with Crippen molar-refractivity contribution < 1.29 is 8.42 Å². The molecule has 2 fully saturated rings. The maximum atomic E-state index is 12.5. The summed E-state index contributed by atoms with van der Waals surface area (Å²) >= 11 is 0. The number of aryl methyl sites for hydroxylation is 1. The normalized spacial score (nSPS) is 23.8. The Balaban J connectivity index is 1.70. The van der Waals surface area contributed by atoms with E-state index in [2.05, 4.69) is 9.62 Å². The van der Waals surface area contributed by atoms with Crippen molar-refractivity contribution in [2.75, 3.05) is 13.1 Å². The molecule has 3 rings (SSSR count). The topological polar surface area (TPSA) is 80.4 Å². The number of aromatic nitrogens is 1. The zero-order chi connectivity index (χ0) is 15.0. The van der Waals surface area contributed by atoms with Crippen molar-refractivity contribution >= 4 is 10.0 Å². The molecule has 1 aromatic heterocycles. The van der Waals surface area contributed by atoms with Crippen molar-refractivity contribution in [3.8, 4) is 0 Å². The molecule has 1 aliphatic heterocycles. The van der Waals surface area contributed by atoms with Crippen LogP contribution in [0.25, 0.3) is 0 Å². The molecule has 0 radical (unpaired) electrons. The summed E-state index contributed by atoms with van der Waals surface area (Å²) in [6.07, 6.45) is 5.10. The fourth-order valence-electron chi connectivity index (χ4n) is 3.08. The summed E-state index contributed by atoms with van der Waals surface area (Å²) < 4.78 is 29.7. The number of hydrogen-bond acceptors (Lipinski definition) is 4. The molecule has 118 valence electrons. The molecule has 1 unspecified atom stereocenters. The molecule has 21 heavy (non-hydrogen) atoms. The van der Waals surface area contributed by atoms with Crippen LogP contribution in [0.15, 0.2) is 17.2 Å². The molecule has 0 aromatic carbocycles. The van der Waals surface area contributed by atoms with Crippen LogP contribution in [0.1, 0.15) is 31.9 Å². The van der Waals surface area contributed by atoms with Gasteiger partial charge in [-0.15, -0.1) is 0 Å². The van der Waals surface area contributed by atoms with E-state index < -0.39 is 10.0 Å². The van der Waals surface area contributed by atoms with E-state index in [-0.39, 0.29) is 6.04 Å². The lowest BCUT2D eigenvalue weighted by molar-refractivity contribution is 0.322. The summed E-state index contributed by atoms with van der Waals surface area (Å²) in [7, 11) is -3.45. The summed E-state index contributed by atoms with van der Waals surface area (Å²) in [4.78, 5) is 2.73. The van der Waals surface area contributed by atoms with Crippen molar-refractivity contribution in [3.63, 3.8) is 0 Å². The van der Waals surface area contributed by atoms with E-state index in [1.54, 1.807) is 12.3 Å². The van der Waals surface area contributed by atoms with Crippen LogP contribution in [0.5, 0.6) is 0 Å². The van der Waals surface area contributed by atoms with Gasteiger partial charge in [-0.3, -0.25) is 4.90 Å². The van der Waals surface area contributed by atoms with Gasteiger partial charge in [-0.25, -0.2) is 13.1 Å². The van der Waals surface area contributed by atoms with Crippen molar-refractivity contribution in [1.29, 1.82) is 0 Å². The van der Waals surface area contributed by atoms with Crippen molar-refractivity contribution in [1.82, 2.24) is 14.2 Å². The summed E-state index contributed by atoms with van der Waals surface area (Å²) in [6.45, 7) is 4.89. The molecule has 1 aromatic rings. The lowest BCUT2D eigenvalue weighted by Crippen LogP contribution is -2.37. The molecule has 1 saturated carbocycles. The Morgan fingerprint density at radius 1 is 1.38 bits per heavy atom. The minimum atomic E-state index is -3.45. The molecule has 1 aliphatic carbocycles. The largest absolute Gasteiger partial charge is 0.349 e. The quantitative estimate of drug-likeness (QED) is 0.801. The molecule has 2 heterocycles. The highest BCUT2D eigenvalue weighted by molar-refractivity contribution is 7.89. The number of nitrogens with zero attached hydrogens (tertiary/aromatic N) is 2. The van der Waals surface area contributed by atoms with E-state index in [0.29, 0.717) is 17.5 Å². The van der Waals surface area contributed by atoms with E-state index in [1.165, 1.54) is 12.8 Å². The lowest BCUT2D eigenvalue weighted by Gasteiger charge is -2.15. The molecular weight excluding hydrogens is 288 g/mol. The van der Waals surface area contributed by atoms with E-state index >= 15 is 0 Å². The average molecular weight is 312 g/mol. The SMILES string of the molecule is CCn1cc(S(=O)(=O)NC2CCN(C3CC3)C2)cc1CN. The summed E-state index contributed by atoms with van der Waals surface area (Å²) in [5, 5.41) is 0. The molecular formula is C14H24N4O2S. The fourth-order valence-corrected chi connectivity index (χ4v) is 4.41. The number of nitrogens with one attached hydrogen (secondary N) is 1. The van der Waals surface area contributed by atoms with Crippen molar-refractivity contribution in [2.45, 2.75) is 56.3 Å². The van der Waals surface area contributed by atoms with Crippen LogP contribution in [0.2, 0.25) is 0 Å². The van der Waals surface area contributed by atoms with E-state index in [0.717, 1.165) is 31.7 Å². The molecule has 0 bridgehead atoms. The van der Waals surface area contributed by atoms with Crippen LogP contribution in [-0.4, -0.2) is 43.1 Å². The smallest absolute Gasteiger partial charge is 0.242 e. The first kappa shape index (κ1) is 15.0. The second-order valence-corrected chi connectivity index (χ2v) is 7.70. The number of nitrogens with two attached hydrogens (primary N) is 1. The van der Waals surface area contributed by atoms with Crippen LogP contribution in [0, 0.1) is 0 Å². The average Bonchev–Trinajstić information content (AvgIpc) is 3.05.